The Morgan fingerprint density at radius 3 is 1.20 bits per heavy atom. The van der Waals surface area contributed by atoms with Crippen molar-refractivity contribution >= 4 is 35.8 Å². The first kappa shape index (κ1) is 39.2. The number of hydrogen-bond donors (Lipinski definition) is 1. The van der Waals surface area contributed by atoms with Crippen molar-refractivity contribution in [3.8, 4) is 0 Å². The molecular weight excluding hydrogens is 540 g/mol. The van der Waals surface area contributed by atoms with Crippen molar-refractivity contribution in [3.05, 3.63) is 38.0 Å². The van der Waals surface area contributed by atoms with Crippen LogP contribution in [0.15, 0.2) is 38.0 Å². The maximum atomic E-state index is 12.3. The number of carboxylic acid groups (broad SMARTS) is 1. The Morgan fingerprint density at radius 1 is 0.585 bits per heavy atom. The van der Waals surface area contributed by atoms with Gasteiger partial charge in [-0.05, 0) is 53.4 Å². The molecule has 0 atom stereocenters. The molecule has 41 heavy (non-hydrogen) atoms. The average molecular weight is 585 g/mol. The fourth-order valence-electron chi connectivity index (χ4n) is 3.54. The van der Waals surface area contributed by atoms with E-state index in [2.05, 4.69) is 19.7 Å². The molecule has 0 bridgehead atoms. The number of carbonyl (C=O) groups excluding carboxylic acids is 5. The lowest BCUT2D eigenvalue weighted by atomic mass is 9.80. The number of ether oxygens (including phenoxy) is 5. The van der Waals surface area contributed by atoms with Crippen LogP contribution in [0, 0.1) is 10.8 Å². The Bertz CT molecular complexity index is 869. The van der Waals surface area contributed by atoms with Crippen molar-refractivity contribution < 1.29 is 57.6 Å². The Kier molecular flexibility index (Phi) is 20.8. The van der Waals surface area contributed by atoms with E-state index in [-0.39, 0.29) is 71.6 Å². The highest BCUT2D eigenvalue weighted by atomic mass is 16.6. The summed E-state index contributed by atoms with van der Waals surface area (Å²) in [4.78, 5) is 70.9. The minimum atomic E-state index is -1.62. The summed E-state index contributed by atoms with van der Waals surface area (Å²) in [5.41, 5.74) is -3.19. The Balaban J connectivity index is 0. The molecule has 0 aromatic carbocycles. The zero-order valence-corrected chi connectivity index (χ0v) is 24.6. The van der Waals surface area contributed by atoms with E-state index in [1.807, 2.05) is 0 Å². The second kappa shape index (κ2) is 21.8. The van der Waals surface area contributed by atoms with Gasteiger partial charge < -0.3 is 28.8 Å². The summed E-state index contributed by atoms with van der Waals surface area (Å²) in [6.45, 7) is 17.5. The lowest BCUT2D eigenvalue weighted by Gasteiger charge is -2.27. The van der Waals surface area contributed by atoms with Gasteiger partial charge in [-0.1, -0.05) is 24.8 Å². The number of carboxylic acids is 1. The number of aliphatic carboxylic acids is 1. The number of allylic oxidation sites excluding steroid dienone is 2. The van der Waals surface area contributed by atoms with E-state index < -0.39 is 46.6 Å². The summed E-state index contributed by atoms with van der Waals surface area (Å²) in [5.74, 6) is -4.59. The first-order valence-electron chi connectivity index (χ1n) is 13.3. The van der Waals surface area contributed by atoms with Crippen LogP contribution >= 0.6 is 0 Å². The SMILES string of the molecule is C=CCC(CCC(=O)O)(C(=O)OCC)C(=O)OCC.C=CCOC(=O)CCC(CC=C)(C(=O)OCC)C(=O)OCC. The van der Waals surface area contributed by atoms with Crippen molar-refractivity contribution in [1.29, 1.82) is 0 Å². The second-order valence-corrected chi connectivity index (χ2v) is 8.40. The normalized spacial score (nSPS) is 10.5. The van der Waals surface area contributed by atoms with Crippen molar-refractivity contribution in [2.45, 2.75) is 66.2 Å². The van der Waals surface area contributed by atoms with Crippen molar-refractivity contribution in [2.75, 3.05) is 33.0 Å². The zero-order valence-electron chi connectivity index (χ0n) is 24.6. The highest BCUT2D eigenvalue weighted by molar-refractivity contribution is 6.01. The molecule has 0 saturated heterocycles. The van der Waals surface area contributed by atoms with E-state index in [9.17, 15) is 28.8 Å². The minimum Gasteiger partial charge on any atom is -0.481 e. The third kappa shape index (κ3) is 13.3. The molecule has 0 amide bonds. The van der Waals surface area contributed by atoms with Crippen molar-refractivity contribution in [2.24, 2.45) is 10.8 Å². The van der Waals surface area contributed by atoms with Crippen LogP contribution in [0.2, 0.25) is 0 Å². The molecule has 0 rings (SSSR count). The molecular formula is C29H44O12. The quantitative estimate of drug-likeness (QED) is 0.0954. The van der Waals surface area contributed by atoms with Crippen LogP contribution in [0.5, 0.6) is 0 Å². The lowest BCUT2D eigenvalue weighted by molar-refractivity contribution is -0.175. The van der Waals surface area contributed by atoms with Gasteiger partial charge in [-0.25, -0.2) is 0 Å². The minimum absolute atomic E-state index is 0.0159. The van der Waals surface area contributed by atoms with Crippen LogP contribution in [-0.2, 0) is 52.5 Å². The molecule has 0 heterocycles. The topological polar surface area (TPSA) is 169 Å². The molecule has 1 N–H and O–H groups in total. The van der Waals surface area contributed by atoms with E-state index in [1.165, 1.54) is 18.2 Å². The number of carbonyl (C=O) groups is 6. The van der Waals surface area contributed by atoms with Crippen LogP contribution in [0.25, 0.3) is 0 Å². The summed E-state index contributed by atoms with van der Waals surface area (Å²) in [5, 5.41) is 8.74. The third-order valence-electron chi connectivity index (χ3n) is 5.53. The van der Waals surface area contributed by atoms with Gasteiger partial charge in [0.25, 0.3) is 0 Å². The van der Waals surface area contributed by atoms with Gasteiger partial charge in [-0.15, -0.1) is 13.2 Å². The first-order valence-corrected chi connectivity index (χ1v) is 13.3. The molecule has 0 aromatic rings. The van der Waals surface area contributed by atoms with Crippen molar-refractivity contribution in [1.82, 2.24) is 0 Å². The predicted molar refractivity (Wildman–Crippen MR) is 148 cm³/mol. The highest BCUT2D eigenvalue weighted by Crippen LogP contribution is 2.34. The molecule has 0 fully saturated rings. The molecule has 0 aliphatic carbocycles. The van der Waals surface area contributed by atoms with Crippen LogP contribution in [0.3, 0.4) is 0 Å². The standard InChI is InChI=1S/C16H24O6.C13H20O6/c1-5-10-16(14(18)20-7-3,15(19)21-8-4)11-9-13(17)22-12-6-2;1-4-8-13(9-7-10(14)15,11(16)18-5-2)12(17)19-6-3/h5-6H,1-2,7-12H2,3-4H3;4H,1,5-9H2,2-3H3,(H,14,15). The maximum absolute atomic E-state index is 12.3. The number of rotatable bonds is 20. The highest BCUT2D eigenvalue weighted by Gasteiger charge is 2.49. The number of esters is 5. The van der Waals surface area contributed by atoms with E-state index in [0.717, 1.165) is 0 Å². The molecule has 12 nitrogen and oxygen atoms in total. The molecule has 0 saturated carbocycles. The van der Waals surface area contributed by atoms with Crippen LogP contribution in [0.1, 0.15) is 66.2 Å². The smallest absolute Gasteiger partial charge is 0.323 e. The maximum Gasteiger partial charge on any atom is 0.323 e. The summed E-state index contributed by atoms with van der Waals surface area (Å²) >= 11 is 0. The van der Waals surface area contributed by atoms with Crippen LogP contribution < -0.4 is 0 Å². The zero-order chi connectivity index (χ0) is 31.9. The van der Waals surface area contributed by atoms with Crippen LogP contribution in [-0.4, -0.2) is 74.0 Å². The van der Waals surface area contributed by atoms with Gasteiger partial charge in [-0.2, -0.15) is 0 Å². The van der Waals surface area contributed by atoms with Crippen LogP contribution in [0.4, 0.5) is 0 Å². The van der Waals surface area contributed by atoms with Gasteiger partial charge in [0, 0.05) is 12.8 Å². The monoisotopic (exact) mass is 584 g/mol. The fourth-order valence-corrected chi connectivity index (χ4v) is 3.54. The molecule has 0 aliphatic rings. The Hall–Kier alpha value is -3.96. The van der Waals surface area contributed by atoms with E-state index in [4.69, 9.17) is 28.8 Å². The predicted octanol–water partition coefficient (Wildman–Crippen LogP) is 3.72. The lowest BCUT2D eigenvalue weighted by Crippen LogP contribution is -2.42. The Morgan fingerprint density at radius 2 is 0.927 bits per heavy atom. The first-order chi connectivity index (χ1) is 19.4. The molecule has 232 valence electrons. The van der Waals surface area contributed by atoms with E-state index >= 15 is 0 Å². The summed E-state index contributed by atoms with van der Waals surface area (Å²) in [6, 6.07) is 0. The molecule has 0 unspecified atom stereocenters. The summed E-state index contributed by atoms with van der Waals surface area (Å²) < 4.78 is 24.6. The van der Waals surface area contributed by atoms with Gasteiger partial charge in [0.15, 0.2) is 10.8 Å². The van der Waals surface area contributed by atoms with Gasteiger partial charge in [0.2, 0.25) is 0 Å². The van der Waals surface area contributed by atoms with Gasteiger partial charge in [0.1, 0.15) is 6.61 Å². The average Bonchev–Trinajstić information content (AvgIpc) is 2.92. The van der Waals surface area contributed by atoms with Gasteiger partial charge in [-0.3, -0.25) is 28.8 Å². The van der Waals surface area contributed by atoms with E-state index in [1.54, 1.807) is 27.7 Å². The van der Waals surface area contributed by atoms with Gasteiger partial charge >= 0.3 is 35.8 Å². The number of hydrogen-bond acceptors (Lipinski definition) is 11. The van der Waals surface area contributed by atoms with Gasteiger partial charge in [0.05, 0.1) is 26.4 Å². The second-order valence-electron chi connectivity index (χ2n) is 8.40. The molecule has 0 radical (unpaired) electrons. The fraction of sp³-hybridized carbons (Fsp3) is 0.586. The molecule has 0 spiro atoms. The summed E-state index contributed by atoms with van der Waals surface area (Å²) in [7, 11) is 0. The van der Waals surface area contributed by atoms with E-state index in [0.29, 0.717) is 0 Å². The van der Waals surface area contributed by atoms with Crippen molar-refractivity contribution in [3.63, 3.8) is 0 Å². The molecule has 0 aromatic heterocycles. The summed E-state index contributed by atoms with van der Waals surface area (Å²) in [6.07, 6.45) is 3.59. The molecule has 0 aliphatic heterocycles. The Labute approximate surface area is 241 Å². The molecule has 12 heteroatoms. The third-order valence-corrected chi connectivity index (χ3v) is 5.53. The largest absolute Gasteiger partial charge is 0.481 e.